The van der Waals surface area contributed by atoms with Crippen LogP contribution in [0.4, 0.5) is 0 Å². The summed E-state index contributed by atoms with van der Waals surface area (Å²) in [6.07, 6.45) is 11.6. The van der Waals surface area contributed by atoms with E-state index in [4.69, 9.17) is 34.2 Å². The fourth-order valence-corrected chi connectivity index (χ4v) is 13.9. The first kappa shape index (κ1) is 76.4. The predicted molar refractivity (Wildman–Crippen MR) is 343 cm³/mol. The molecule has 81 heavy (non-hydrogen) atoms. The third kappa shape index (κ3) is 31.2. The number of hydrogen-bond acceptors (Lipinski definition) is 16. The van der Waals surface area contributed by atoms with Gasteiger partial charge in [-0.15, -0.1) is 60.5 Å². The van der Waals surface area contributed by atoms with Crippen molar-refractivity contribution in [3.8, 4) is 0 Å². The monoisotopic (exact) mass is 1260 g/mol. The summed E-state index contributed by atoms with van der Waals surface area (Å²) in [5.74, 6) is 0.525. The van der Waals surface area contributed by atoms with Crippen molar-refractivity contribution < 1.29 is 57.2 Å². The number of likely N-dealkylation sites (tertiary alicyclic amines) is 2. The lowest BCUT2D eigenvalue weighted by Crippen LogP contribution is -2.42. The second-order valence-electron chi connectivity index (χ2n) is 23.3. The fraction of sp³-hybridized carbons (Fsp3) is 0.895. The highest BCUT2D eigenvalue weighted by Gasteiger charge is 2.41. The SMILES string of the molecule is CCOC(C)(P)CC(COCCCNC(=O)CCN1C(=O)CC(SCCCCCCN(CCCCCCSC2CC(=O)N(CCC(=O)NCCCOCC(CC(C)(P)OCN)C(C)(P)OCC)C2=O)C(C)(C)C)C1=O)C(C)(P)OCC. The minimum absolute atomic E-state index is 0.0141. The zero-order valence-corrected chi connectivity index (χ0v) is 57.6. The van der Waals surface area contributed by atoms with Crippen LogP contribution in [0.15, 0.2) is 0 Å². The summed E-state index contributed by atoms with van der Waals surface area (Å²) < 4.78 is 35.6. The van der Waals surface area contributed by atoms with Crippen LogP contribution in [0.1, 0.15) is 172 Å². The van der Waals surface area contributed by atoms with Crippen molar-refractivity contribution in [2.45, 2.75) is 209 Å². The van der Waals surface area contributed by atoms with Crippen molar-refractivity contribution in [2.24, 2.45) is 17.6 Å². The molecule has 2 rings (SSSR count). The number of hydrogen-bond donors (Lipinski definition) is 3. The molecule has 2 heterocycles. The average molecular weight is 1260 g/mol. The van der Waals surface area contributed by atoms with Crippen molar-refractivity contribution in [1.29, 1.82) is 0 Å². The second-order valence-corrected chi connectivity index (χ2v) is 30.7. The maximum Gasteiger partial charge on any atom is 0.242 e. The molecular formula is C57H110N6O12P4S2. The summed E-state index contributed by atoms with van der Waals surface area (Å²) in [6.45, 7) is 27.6. The molecule has 0 spiro atoms. The molecule has 0 bridgehead atoms. The first-order chi connectivity index (χ1) is 38.1. The molecule has 2 aliphatic heterocycles. The molecule has 0 aliphatic carbocycles. The molecule has 12 atom stereocenters. The topological polar surface area (TPSA) is 218 Å². The Balaban J connectivity index is 1.57. The zero-order valence-electron chi connectivity index (χ0n) is 51.4. The molecule has 2 saturated heterocycles. The third-order valence-electron chi connectivity index (χ3n) is 14.7. The Morgan fingerprint density at radius 3 is 1.35 bits per heavy atom. The highest BCUT2D eigenvalue weighted by atomic mass is 32.2. The maximum absolute atomic E-state index is 13.1. The van der Waals surface area contributed by atoms with E-state index in [2.05, 4.69) is 73.3 Å². The van der Waals surface area contributed by atoms with Gasteiger partial charge in [-0.2, -0.15) is 0 Å². The molecule has 6 amide bonds. The normalized spacial score (nSPS) is 19.9. The van der Waals surface area contributed by atoms with Gasteiger partial charge in [0.05, 0.1) is 51.8 Å². The van der Waals surface area contributed by atoms with E-state index >= 15 is 0 Å². The van der Waals surface area contributed by atoms with Gasteiger partial charge in [0, 0.05) is 102 Å². The largest absolute Gasteiger partial charge is 0.381 e. The van der Waals surface area contributed by atoms with E-state index in [1.54, 1.807) is 23.5 Å². The van der Waals surface area contributed by atoms with Crippen molar-refractivity contribution in [1.82, 2.24) is 25.3 Å². The first-order valence-electron chi connectivity index (χ1n) is 29.9. The van der Waals surface area contributed by atoms with Gasteiger partial charge in [-0.05, 0) is 145 Å². The second kappa shape index (κ2) is 40.0. The molecule has 0 aromatic heterocycles. The van der Waals surface area contributed by atoms with Crippen LogP contribution >= 0.6 is 60.5 Å². The molecule has 0 aromatic carbocycles. The number of thioether (sulfide) groups is 2. The number of carbonyl (C=O) groups is 6. The molecular weight excluding hydrogens is 1150 g/mol. The van der Waals surface area contributed by atoms with Crippen LogP contribution in [0.5, 0.6) is 0 Å². The maximum atomic E-state index is 13.1. The Labute approximate surface area is 506 Å². The van der Waals surface area contributed by atoms with E-state index in [0.717, 1.165) is 82.4 Å². The number of nitrogens with two attached hydrogens (primary N) is 1. The minimum atomic E-state index is -0.521. The van der Waals surface area contributed by atoms with Gasteiger partial charge >= 0.3 is 0 Å². The molecule has 4 N–H and O–H groups in total. The van der Waals surface area contributed by atoms with E-state index in [0.29, 0.717) is 78.6 Å². The van der Waals surface area contributed by atoms with Crippen LogP contribution < -0.4 is 16.4 Å². The summed E-state index contributed by atoms with van der Waals surface area (Å²) in [4.78, 5) is 82.2. The minimum Gasteiger partial charge on any atom is -0.381 e. The lowest BCUT2D eigenvalue weighted by atomic mass is 9.96. The van der Waals surface area contributed by atoms with Crippen LogP contribution in [-0.4, -0.2) is 191 Å². The number of nitrogens with zero attached hydrogens (tertiary/aromatic N) is 3. The predicted octanol–water partition coefficient (Wildman–Crippen LogP) is 8.18. The molecule has 2 aliphatic rings. The molecule has 12 unspecified atom stereocenters. The molecule has 18 nitrogen and oxygen atoms in total. The van der Waals surface area contributed by atoms with Gasteiger partial charge in [0.25, 0.3) is 0 Å². The number of unbranched alkanes of at least 4 members (excludes halogenated alkanes) is 6. The van der Waals surface area contributed by atoms with Gasteiger partial charge in [-0.1, -0.05) is 25.7 Å². The average Bonchev–Trinajstić information content (AvgIpc) is 3.80. The highest BCUT2D eigenvalue weighted by Crippen LogP contribution is 2.40. The third-order valence-corrected chi connectivity index (χ3v) is 19.4. The van der Waals surface area contributed by atoms with Gasteiger partial charge in [0.1, 0.15) is 0 Å². The van der Waals surface area contributed by atoms with Crippen LogP contribution in [0.3, 0.4) is 0 Å². The van der Waals surface area contributed by atoms with Crippen LogP contribution in [0.25, 0.3) is 0 Å². The van der Waals surface area contributed by atoms with Crippen molar-refractivity contribution in [3.05, 3.63) is 0 Å². The Bertz CT molecular complexity index is 1750. The first-order valence-corrected chi connectivity index (χ1v) is 34.3. The zero-order chi connectivity index (χ0) is 60.7. The Hall–Kier alpha value is -0.680. The van der Waals surface area contributed by atoms with Gasteiger partial charge in [0.2, 0.25) is 35.4 Å². The summed E-state index contributed by atoms with van der Waals surface area (Å²) >= 11 is 3.11. The van der Waals surface area contributed by atoms with Crippen LogP contribution in [0, 0.1) is 11.8 Å². The number of imide groups is 2. The number of amides is 6. The standard InChI is InChI=1S/C57H110N6O12P4S2/c1-11-72-54(7,76)38-43(56(9,78)73-12-2)40-70-32-22-26-59-47(64)24-30-62-49(66)36-45(51(62)68)80-34-20-16-14-18-28-61(53(4,5)6)29-19-15-17-21-35-81-46-37-50(67)63(52(46)69)31-25-48(65)60-27-23-33-71-41-44(57(10,79)74-13-3)39-55(8,77)75-42-58/h43-46H,11-42,58,76-79H2,1-10H3,(H,59,64)(H,60,65). The van der Waals surface area contributed by atoms with Gasteiger partial charge in [-0.3, -0.25) is 43.5 Å². The van der Waals surface area contributed by atoms with Crippen molar-refractivity contribution in [3.63, 3.8) is 0 Å². The quantitative estimate of drug-likeness (QED) is 0.0227. The lowest BCUT2D eigenvalue weighted by molar-refractivity contribution is -0.140. The summed E-state index contributed by atoms with van der Waals surface area (Å²) in [7, 11) is 11.1. The van der Waals surface area contributed by atoms with E-state index < -0.39 is 21.4 Å². The highest BCUT2D eigenvalue weighted by molar-refractivity contribution is 8.00. The van der Waals surface area contributed by atoms with E-state index in [1.165, 1.54) is 9.80 Å². The molecule has 2 fully saturated rings. The summed E-state index contributed by atoms with van der Waals surface area (Å²) in [5, 5.41) is 3.13. The molecule has 0 aromatic rings. The smallest absolute Gasteiger partial charge is 0.242 e. The van der Waals surface area contributed by atoms with E-state index in [-0.39, 0.29) is 109 Å². The number of rotatable bonds is 48. The Kier molecular flexibility index (Phi) is 37.7. The fourth-order valence-electron chi connectivity index (χ4n) is 9.97. The molecule has 472 valence electrons. The summed E-state index contributed by atoms with van der Waals surface area (Å²) in [6, 6.07) is 0. The van der Waals surface area contributed by atoms with Crippen molar-refractivity contribution >= 4 is 95.9 Å². The number of ether oxygens (including phenoxy) is 6. The Morgan fingerprint density at radius 2 is 0.975 bits per heavy atom. The van der Waals surface area contributed by atoms with Crippen molar-refractivity contribution in [2.75, 3.05) is 104 Å². The van der Waals surface area contributed by atoms with E-state index in [9.17, 15) is 28.8 Å². The van der Waals surface area contributed by atoms with E-state index in [1.807, 2.05) is 48.5 Å². The van der Waals surface area contributed by atoms with Gasteiger partial charge in [-0.25, -0.2) is 0 Å². The lowest BCUT2D eigenvalue weighted by Gasteiger charge is -2.38. The molecule has 0 saturated carbocycles. The molecule has 0 radical (unpaired) electrons. The van der Waals surface area contributed by atoms with Gasteiger partial charge in [0.15, 0.2) is 0 Å². The number of nitrogens with one attached hydrogen (secondary N) is 2. The number of carbonyl (C=O) groups excluding carboxylic acids is 6. The van der Waals surface area contributed by atoms with Gasteiger partial charge < -0.3 is 44.8 Å². The summed E-state index contributed by atoms with van der Waals surface area (Å²) in [5.41, 5.74) is 5.68. The van der Waals surface area contributed by atoms with Crippen LogP contribution in [-0.2, 0) is 57.2 Å². The van der Waals surface area contributed by atoms with Crippen LogP contribution in [0.2, 0.25) is 0 Å². The molecule has 24 heteroatoms. The Morgan fingerprint density at radius 1 is 0.593 bits per heavy atom.